The summed E-state index contributed by atoms with van der Waals surface area (Å²) in [5.74, 6) is -1.09. The second-order valence-electron chi connectivity index (χ2n) is 4.31. The molecule has 0 aromatic heterocycles. The summed E-state index contributed by atoms with van der Waals surface area (Å²) in [5, 5.41) is 11.9. The van der Waals surface area contributed by atoms with Gasteiger partial charge in [0.25, 0.3) is 0 Å². The highest BCUT2D eigenvalue weighted by atomic mass is 79.9. The fraction of sp³-hybridized carbons (Fsp3) is 0.417. The Kier molecular flexibility index (Phi) is 3.79. The first kappa shape index (κ1) is 12.5. The topological polar surface area (TPSA) is 49.3 Å². The Morgan fingerprint density at radius 3 is 2.82 bits per heavy atom. The van der Waals surface area contributed by atoms with Crippen molar-refractivity contribution in [2.24, 2.45) is 0 Å². The van der Waals surface area contributed by atoms with Crippen molar-refractivity contribution in [3.05, 3.63) is 34.1 Å². The molecule has 5 heteroatoms. The number of carboxylic acid groups (broad SMARTS) is 1. The third kappa shape index (κ3) is 3.26. The van der Waals surface area contributed by atoms with E-state index in [-0.39, 0.29) is 11.9 Å². The number of halogens is 2. The van der Waals surface area contributed by atoms with E-state index in [1.54, 1.807) is 0 Å². The van der Waals surface area contributed by atoms with Crippen LogP contribution in [0.15, 0.2) is 22.7 Å². The number of hydrogen-bond acceptors (Lipinski definition) is 2. The zero-order chi connectivity index (χ0) is 12.4. The van der Waals surface area contributed by atoms with E-state index < -0.39 is 12.0 Å². The number of aliphatic carboxylic acids is 1. The molecule has 1 aliphatic heterocycles. The lowest BCUT2D eigenvalue weighted by Gasteiger charge is -2.12. The second-order valence-corrected chi connectivity index (χ2v) is 5.23. The highest BCUT2D eigenvalue weighted by Gasteiger charge is 2.28. The van der Waals surface area contributed by atoms with Crippen molar-refractivity contribution >= 4 is 21.9 Å². The molecule has 92 valence electrons. The third-order valence-electron chi connectivity index (χ3n) is 2.94. The molecule has 0 radical (unpaired) electrons. The highest BCUT2D eigenvalue weighted by Crippen LogP contribution is 2.20. The lowest BCUT2D eigenvalue weighted by atomic mass is 10.0. The molecule has 1 aliphatic rings. The molecule has 0 saturated carbocycles. The normalized spacial score (nSPS) is 23.9. The summed E-state index contributed by atoms with van der Waals surface area (Å²) in [6.45, 7) is 0. The number of carboxylic acids is 1. The summed E-state index contributed by atoms with van der Waals surface area (Å²) in [4.78, 5) is 10.8. The standard InChI is InChI=1S/C12H13BrFNO2/c13-8-3-7(4-9(14)6-8)5-10-1-2-11(15-10)12(16)17/h3-4,6,10-11,15H,1-2,5H2,(H,16,17). The molecule has 2 unspecified atom stereocenters. The number of nitrogens with one attached hydrogen (secondary N) is 1. The molecule has 0 bridgehead atoms. The molecule has 2 N–H and O–H groups in total. The monoisotopic (exact) mass is 301 g/mol. The van der Waals surface area contributed by atoms with Crippen molar-refractivity contribution in [2.45, 2.75) is 31.3 Å². The average molecular weight is 302 g/mol. The Morgan fingerprint density at radius 1 is 1.47 bits per heavy atom. The van der Waals surface area contributed by atoms with E-state index in [1.807, 2.05) is 6.07 Å². The van der Waals surface area contributed by atoms with Gasteiger partial charge in [-0.3, -0.25) is 4.79 Å². The van der Waals surface area contributed by atoms with Gasteiger partial charge in [-0.05, 0) is 43.0 Å². The van der Waals surface area contributed by atoms with Crippen LogP contribution in [0.5, 0.6) is 0 Å². The molecule has 1 heterocycles. The van der Waals surface area contributed by atoms with Gasteiger partial charge >= 0.3 is 5.97 Å². The van der Waals surface area contributed by atoms with Gasteiger partial charge in [-0.1, -0.05) is 15.9 Å². The highest BCUT2D eigenvalue weighted by molar-refractivity contribution is 9.10. The maximum Gasteiger partial charge on any atom is 0.320 e. The number of carbonyl (C=O) groups is 1. The molecule has 0 aliphatic carbocycles. The first-order valence-electron chi connectivity index (χ1n) is 5.48. The van der Waals surface area contributed by atoms with Crippen LogP contribution in [0, 0.1) is 5.82 Å². The molecule has 1 fully saturated rings. The van der Waals surface area contributed by atoms with Crippen molar-refractivity contribution in [2.75, 3.05) is 0 Å². The van der Waals surface area contributed by atoms with E-state index in [0.29, 0.717) is 17.3 Å². The Hall–Kier alpha value is -0.940. The Balaban J connectivity index is 2.00. The smallest absolute Gasteiger partial charge is 0.320 e. The molecule has 3 nitrogen and oxygen atoms in total. The minimum atomic E-state index is -0.812. The Morgan fingerprint density at radius 2 is 2.24 bits per heavy atom. The van der Waals surface area contributed by atoms with Crippen LogP contribution < -0.4 is 5.32 Å². The summed E-state index contributed by atoms with van der Waals surface area (Å²) in [5.41, 5.74) is 0.875. The van der Waals surface area contributed by atoms with Gasteiger partial charge in [0.05, 0.1) is 0 Å². The number of benzene rings is 1. The van der Waals surface area contributed by atoms with Crippen LogP contribution in [0.3, 0.4) is 0 Å². The van der Waals surface area contributed by atoms with E-state index in [9.17, 15) is 9.18 Å². The predicted octanol–water partition coefficient (Wildman–Crippen LogP) is 2.34. The van der Waals surface area contributed by atoms with Gasteiger partial charge in [0, 0.05) is 10.5 Å². The first-order valence-corrected chi connectivity index (χ1v) is 6.28. The summed E-state index contributed by atoms with van der Waals surface area (Å²) in [6, 6.07) is 4.41. The average Bonchev–Trinajstić information content (AvgIpc) is 2.64. The van der Waals surface area contributed by atoms with Crippen molar-refractivity contribution in [3.63, 3.8) is 0 Å². The van der Waals surface area contributed by atoms with Crippen LogP contribution in [-0.4, -0.2) is 23.2 Å². The van der Waals surface area contributed by atoms with Crippen LogP contribution >= 0.6 is 15.9 Å². The summed E-state index contributed by atoms with van der Waals surface area (Å²) >= 11 is 3.24. The minimum Gasteiger partial charge on any atom is -0.480 e. The van der Waals surface area contributed by atoms with Crippen LogP contribution in [0.1, 0.15) is 18.4 Å². The van der Waals surface area contributed by atoms with Gasteiger partial charge in [-0.2, -0.15) is 0 Å². The number of hydrogen-bond donors (Lipinski definition) is 2. The lowest BCUT2D eigenvalue weighted by Crippen LogP contribution is -2.36. The zero-order valence-corrected chi connectivity index (χ0v) is 10.7. The summed E-state index contributed by atoms with van der Waals surface area (Å²) in [7, 11) is 0. The van der Waals surface area contributed by atoms with Crippen molar-refractivity contribution in [1.29, 1.82) is 0 Å². The number of rotatable bonds is 3. The van der Waals surface area contributed by atoms with Crippen LogP contribution in [-0.2, 0) is 11.2 Å². The minimum absolute atomic E-state index is 0.116. The molecule has 17 heavy (non-hydrogen) atoms. The summed E-state index contributed by atoms with van der Waals surface area (Å²) < 4.78 is 13.9. The molecule has 2 rings (SSSR count). The first-order chi connectivity index (χ1) is 8.04. The molecule has 1 saturated heterocycles. The van der Waals surface area contributed by atoms with Crippen molar-refractivity contribution in [3.8, 4) is 0 Å². The van der Waals surface area contributed by atoms with Gasteiger partial charge in [-0.25, -0.2) is 4.39 Å². The predicted molar refractivity (Wildman–Crippen MR) is 65.4 cm³/mol. The maximum atomic E-state index is 13.2. The van der Waals surface area contributed by atoms with Gasteiger partial charge in [-0.15, -0.1) is 0 Å². The molecule has 0 spiro atoms. The summed E-state index contributed by atoms with van der Waals surface area (Å²) in [6.07, 6.45) is 2.10. The quantitative estimate of drug-likeness (QED) is 0.901. The third-order valence-corrected chi connectivity index (χ3v) is 3.40. The van der Waals surface area contributed by atoms with E-state index in [2.05, 4.69) is 21.2 Å². The Labute approximate surface area is 107 Å². The van der Waals surface area contributed by atoms with E-state index in [4.69, 9.17) is 5.11 Å². The maximum absolute atomic E-state index is 13.2. The molecule has 1 aromatic carbocycles. The lowest BCUT2D eigenvalue weighted by molar-refractivity contribution is -0.139. The SMILES string of the molecule is O=C(O)C1CCC(Cc2cc(F)cc(Br)c2)N1. The molecular formula is C12H13BrFNO2. The van der Waals surface area contributed by atoms with Gasteiger partial charge < -0.3 is 10.4 Å². The fourth-order valence-corrected chi connectivity index (χ4v) is 2.70. The van der Waals surface area contributed by atoms with Crippen LogP contribution in [0.25, 0.3) is 0 Å². The van der Waals surface area contributed by atoms with E-state index in [0.717, 1.165) is 12.0 Å². The molecule has 1 aromatic rings. The zero-order valence-electron chi connectivity index (χ0n) is 9.12. The van der Waals surface area contributed by atoms with Crippen LogP contribution in [0.4, 0.5) is 4.39 Å². The van der Waals surface area contributed by atoms with Gasteiger partial charge in [0.15, 0.2) is 0 Å². The largest absolute Gasteiger partial charge is 0.480 e. The van der Waals surface area contributed by atoms with Gasteiger partial charge in [0.2, 0.25) is 0 Å². The Bertz CT molecular complexity index is 418. The molecule has 0 amide bonds. The second kappa shape index (κ2) is 5.14. The molecule has 2 atom stereocenters. The van der Waals surface area contributed by atoms with E-state index >= 15 is 0 Å². The molecular weight excluding hydrogens is 289 g/mol. The van der Waals surface area contributed by atoms with Crippen molar-refractivity contribution in [1.82, 2.24) is 5.32 Å². The van der Waals surface area contributed by atoms with Gasteiger partial charge in [0.1, 0.15) is 11.9 Å². The van der Waals surface area contributed by atoms with Crippen molar-refractivity contribution < 1.29 is 14.3 Å². The van der Waals surface area contributed by atoms with E-state index in [1.165, 1.54) is 12.1 Å². The van der Waals surface area contributed by atoms with Crippen LogP contribution in [0.2, 0.25) is 0 Å². The fourth-order valence-electron chi connectivity index (χ4n) is 2.19.